The van der Waals surface area contributed by atoms with Gasteiger partial charge in [-0.2, -0.15) is 0 Å². The van der Waals surface area contributed by atoms with Crippen LogP contribution in [-0.4, -0.2) is 16.7 Å². The van der Waals surface area contributed by atoms with Gasteiger partial charge in [-0.05, 0) is 22.8 Å². The van der Waals surface area contributed by atoms with Crippen LogP contribution >= 0.6 is 0 Å². The number of hydrogen-bond acceptors (Lipinski definition) is 3. The maximum atomic E-state index is 12.8. The molecule has 6 nitrogen and oxygen atoms in total. The van der Waals surface area contributed by atoms with Gasteiger partial charge in [-0.3, -0.25) is 10.2 Å². The molecule has 0 fully saturated rings. The molecule has 0 aliphatic rings. The van der Waals surface area contributed by atoms with E-state index in [1.54, 1.807) is 0 Å². The molecule has 0 unspecified atom stereocenters. The van der Waals surface area contributed by atoms with Gasteiger partial charge in [-0.1, -0.05) is 12.1 Å². The number of halogens is 1. The topological polar surface area (TPSA) is 110 Å². The Bertz CT molecular complexity index is 547. The number of azide groups is 1. The molecule has 0 saturated carbocycles. The van der Waals surface area contributed by atoms with E-state index in [2.05, 4.69) is 10.0 Å². The van der Waals surface area contributed by atoms with Crippen LogP contribution in [0.15, 0.2) is 35.5 Å². The Morgan fingerprint density at radius 2 is 2.29 bits per heavy atom. The molecular weight excluding hydrogens is 227 g/mol. The van der Waals surface area contributed by atoms with Crippen LogP contribution in [0.25, 0.3) is 16.2 Å². The van der Waals surface area contributed by atoms with E-state index >= 15 is 0 Å². The summed E-state index contributed by atoms with van der Waals surface area (Å²) < 4.78 is 12.8. The number of hydrogen-bond donors (Lipinski definition) is 2. The molecule has 2 N–H and O–H groups in total. The van der Waals surface area contributed by atoms with Gasteiger partial charge in [0.25, 0.3) is 5.91 Å². The third-order valence-corrected chi connectivity index (χ3v) is 1.77. The minimum atomic E-state index is -1.13. The molecule has 0 aromatic heterocycles. The van der Waals surface area contributed by atoms with Gasteiger partial charge in [0.1, 0.15) is 17.3 Å². The zero-order valence-corrected chi connectivity index (χ0v) is 8.46. The summed E-state index contributed by atoms with van der Waals surface area (Å²) in [7, 11) is 0. The van der Waals surface area contributed by atoms with Crippen molar-refractivity contribution in [2.45, 2.75) is 0 Å². The van der Waals surface area contributed by atoms with Crippen LogP contribution < -0.4 is 0 Å². The first-order valence-electron chi connectivity index (χ1n) is 4.39. The largest absolute Gasteiger partial charge is 0.507 e. The Kier molecular flexibility index (Phi) is 3.96. The predicted octanol–water partition coefficient (Wildman–Crippen LogP) is 2.58. The number of carbonyl (C=O) groups is 1. The van der Waals surface area contributed by atoms with E-state index in [0.29, 0.717) is 0 Å². The first-order valence-corrected chi connectivity index (χ1v) is 4.39. The van der Waals surface area contributed by atoms with Crippen molar-refractivity contribution in [3.8, 4) is 0 Å². The Balaban J connectivity index is 2.97. The fraction of sp³-hybridized carbons (Fsp3) is 0. The summed E-state index contributed by atoms with van der Waals surface area (Å²) in [5.41, 5.74) is 7.41. The second-order valence-corrected chi connectivity index (χ2v) is 2.95. The van der Waals surface area contributed by atoms with Gasteiger partial charge in [-0.15, -0.1) is 0 Å². The highest BCUT2D eigenvalue weighted by Gasteiger charge is 2.07. The lowest BCUT2D eigenvalue weighted by molar-refractivity contribution is -0.111. The van der Waals surface area contributed by atoms with Crippen LogP contribution in [0.2, 0.25) is 0 Å². The average molecular weight is 234 g/mol. The molecule has 0 spiro atoms. The third-order valence-electron chi connectivity index (χ3n) is 1.77. The number of amides is 1. The van der Waals surface area contributed by atoms with E-state index in [9.17, 15) is 14.3 Å². The van der Waals surface area contributed by atoms with Gasteiger partial charge < -0.3 is 5.11 Å². The number of nitrogens with zero attached hydrogens (tertiary/aromatic N) is 3. The maximum absolute atomic E-state index is 12.8. The lowest BCUT2D eigenvalue weighted by Gasteiger charge is -2.00. The van der Waals surface area contributed by atoms with Crippen molar-refractivity contribution >= 4 is 17.4 Å². The second-order valence-electron chi connectivity index (χ2n) is 2.95. The standard InChI is InChI=1S/C10H7FN4O2/c11-7-3-1-2-6(4-7)9(16)5-8(12)10(17)14-15-13/h1-5,12,16H/b9-5-,12-8?. The van der Waals surface area contributed by atoms with Gasteiger partial charge in [0, 0.05) is 16.6 Å². The van der Waals surface area contributed by atoms with Crippen molar-refractivity contribution in [3.05, 3.63) is 52.2 Å². The molecule has 0 aliphatic carbocycles. The Morgan fingerprint density at radius 3 is 2.88 bits per heavy atom. The average Bonchev–Trinajstić information content (AvgIpc) is 2.29. The first-order chi connectivity index (χ1) is 8.04. The summed E-state index contributed by atoms with van der Waals surface area (Å²) in [5, 5.41) is 19.4. The number of benzene rings is 1. The smallest absolute Gasteiger partial charge is 0.266 e. The van der Waals surface area contributed by atoms with Crippen molar-refractivity contribution in [1.29, 1.82) is 5.41 Å². The highest BCUT2D eigenvalue weighted by atomic mass is 19.1. The van der Waals surface area contributed by atoms with Crippen LogP contribution in [0.4, 0.5) is 4.39 Å². The zero-order valence-electron chi connectivity index (χ0n) is 8.46. The summed E-state index contributed by atoms with van der Waals surface area (Å²) >= 11 is 0. The van der Waals surface area contributed by atoms with Crippen LogP contribution in [0.3, 0.4) is 0 Å². The number of rotatable bonds is 3. The molecule has 0 radical (unpaired) electrons. The minimum Gasteiger partial charge on any atom is -0.507 e. The molecule has 1 rings (SSSR count). The fourth-order valence-corrected chi connectivity index (χ4v) is 1.02. The van der Waals surface area contributed by atoms with Gasteiger partial charge in [0.15, 0.2) is 0 Å². The summed E-state index contributed by atoms with van der Waals surface area (Å²) in [5.74, 6) is -2.15. The van der Waals surface area contributed by atoms with Crippen molar-refractivity contribution < 1.29 is 14.3 Å². The van der Waals surface area contributed by atoms with E-state index in [1.807, 2.05) is 0 Å². The number of carbonyl (C=O) groups excluding carboxylic acids is 1. The fourth-order valence-electron chi connectivity index (χ4n) is 1.02. The minimum absolute atomic E-state index is 0.114. The molecule has 0 atom stereocenters. The summed E-state index contributed by atoms with van der Waals surface area (Å²) in [4.78, 5) is 13.1. The van der Waals surface area contributed by atoms with Crippen molar-refractivity contribution in [2.75, 3.05) is 0 Å². The molecule has 0 bridgehead atoms. The highest BCUT2D eigenvalue weighted by molar-refractivity contribution is 6.43. The molecule has 0 saturated heterocycles. The van der Waals surface area contributed by atoms with Crippen molar-refractivity contribution in [2.24, 2.45) is 5.11 Å². The predicted molar refractivity (Wildman–Crippen MR) is 58.9 cm³/mol. The molecule has 86 valence electrons. The third kappa shape index (κ3) is 3.44. The summed E-state index contributed by atoms with van der Waals surface area (Å²) in [6.07, 6.45) is 0.784. The van der Waals surface area contributed by atoms with Crippen molar-refractivity contribution in [1.82, 2.24) is 0 Å². The monoisotopic (exact) mass is 234 g/mol. The maximum Gasteiger partial charge on any atom is 0.266 e. The van der Waals surface area contributed by atoms with Crippen LogP contribution in [0.5, 0.6) is 0 Å². The second kappa shape index (κ2) is 5.43. The normalized spacial score (nSPS) is 10.5. The Morgan fingerprint density at radius 1 is 1.59 bits per heavy atom. The van der Waals surface area contributed by atoms with Crippen LogP contribution in [-0.2, 0) is 4.79 Å². The molecule has 17 heavy (non-hydrogen) atoms. The Hall–Kier alpha value is -2.66. The van der Waals surface area contributed by atoms with Gasteiger partial charge >= 0.3 is 0 Å². The van der Waals surface area contributed by atoms with Gasteiger partial charge in [0.05, 0.1) is 0 Å². The van der Waals surface area contributed by atoms with Gasteiger partial charge in [-0.25, -0.2) is 4.39 Å². The first kappa shape index (κ1) is 12.4. The molecule has 1 amide bonds. The number of nitrogens with one attached hydrogen (secondary N) is 1. The van der Waals surface area contributed by atoms with E-state index in [1.165, 1.54) is 18.2 Å². The zero-order chi connectivity index (χ0) is 12.8. The van der Waals surface area contributed by atoms with Gasteiger partial charge in [0.2, 0.25) is 0 Å². The molecule has 0 aliphatic heterocycles. The lowest BCUT2D eigenvalue weighted by atomic mass is 10.1. The van der Waals surface area contributed by atoms with E-state index in [4.69, 9.17) is 10.9 Å². The summed E-state index contributed by atoms with van der Waals surface area (Å²) in [6.45, 7) is 0. The quantitative estimate of drug-likeness (QED) is 0.275. The van der Waals surface area contributed by atoms with Crippen LogP contribution in [0.1, 0.15) is 5.56 Å². The highest BCUT2D eigenvalue weighted by Crippen LogP contribution is 2.12. The molecule has 1 aromatic rings. The molecule has 0 heterocycles. The van der Waals surface area contributed by atoms with E-state index < -0.39 is 23.2 Å². The van der Waals surface area contributed by atoms with Crippen molar-refractivity contribution in [3.63, 3.8) is 0 Å². The molecule has 7 heteroatoms. The molecular formula is C10H7FN4O2. The Labute approximate surface area is 95.1 Å². The molecule has 1 aromatic carbocycles. The van der Waals surface area contributed by atoms with Crippen LogP contribution in [0, 0.1) is 11.2 Å². The summed E-state index contributed by atoms with van der Waals surface area (Å²) in [6, 6.07) is 5.00. The number of aliphatic hydroxyl groups is 1. The lowest BCUT2D eigenvalue weighted by Crippen LogP contribution is -2.06. The number of aliphatic hydroxyl groups excluding tert-OH is 1. The SMILES string of the molecule is [N-]=[N+]=NC(=O)C(=N)/C=C(\O)c1cccc(F)c1. The van der Waals surface area contributed by atoms with E-state index in [0.717, 1.165) is 12.1 Å². The van der Waals surface area contributed by atoms with E-state index in [-0.39, 0.29) is 5.56 Å².